The van der Waals surface area contributed by atoms with Gasteiger partial charge >= 0.3 is 0 Å². The molecule has 0 spiro atoms. The lowest BCUT2D eigenvalue weighted by molar-refractivity contribution is 0.0789. The Kier molecular flexibility index (Phi) is 5.19. The molecule has 1 aromatic heterocycles. The molecule has 1 heterocycles. The van der Waals surface area contributed by atoms with Gasteiger partial charge in [-0.1, -0.05) is 53.5 Å². The van der Waals surface area contributed by atoms with Crippen LogP contribution in [-0.4, -0.2) is 22.8 Å². The second-order valence-electron chi connectivity index (χ2n) is 5.30. The molecule has 0 saturated heterocycles. The fourth-order valence-corrected chi connectivity index (χ4v) is 3.61. The van der Waals surface area contributed by atoms with Crippen molar-refractivity contribution in [1.29, 1.82) is 0 Å². The molecule has 0 radical (unpaired) electrons. The molecule has 3 nitrogen and oxygen atoms in total. The first-order valence-electron chi connectivity index (χ1n) is 7.25. The number of hydrogen-bond acceptors (Lipinski definition) is 3. The monoisotopic (exact) mass is 376 g/mol. The van der Waals surface area contributed by atoms with Gasteiger partial charge in [-0.2, -0.15) is 0 Å². The Morgan fingerprint density at radius 2 is 1.83 bits per heavy atom. The third-order valence-electron chi connectivity index (χ3n) is 3.50. The molecule has 1 amide bonds. The molecular weight excluding hydrogens is 363 g/mol. The SMILES string of the molecule is CN(Cc1ccc(Cl)cc1)C(=O)c1cnc(-c2ccccc2Cl)s1. The van der Waals surface area contributed by atoms with Gasteiger partial charge in [-0.25, -0.2) is 4.98 Å². The Morgan fingerprint density at radius 1 is 1.12 bits per heavy atom. The number of benzene rings is 2. The maximum absolute atomic E-state index is 12.6. The molecule has 0 aliphatic carbocycles. The van der Waals surface area contributed by atoms with Gasteiger partial charge in [0, 0.05) is 24.2 Å². The predicted octanol–water partition coefficient (Wildman–Crippen LogP) is 5.39. The normalized spacial score (nSPS) is 10.6. The number of amides is 1. The molecule has 6 heteroatoms. The zero-order chi connectivity index (χ0) is 17.1. The zero-order valence-corrected chi connectivity index (χ0v) is 15.2. The average molecular weight is 377 g/mol. The highest BCUT2D eigenvalue weighted by atomic mass is 35.5. The summed E-state index contributed by atoms with van der Waals surface area (Å²) in [6, 6.07) is 14.9. The first kappa shape index (κ1) is 17.0. The van der Waals surface area contributed by atoms with E-state index < -0.39 is 0 Å². The number of aromatic nitrogens is 1. The molecule has 0 N–H and O–H groups in total. The van der Waals surface area contributed by atoms with Gasteiger partial charge in [0.1, 0.15) is 9.88 Å². The molecule has 24 heavy (non-hydrogen) atoms. The number of carbonyl (C=O) groups excluding carboxylic acids is 1. The molecule has 2 aromatic carbocycles. The average Bonchev–Trinajstić information content (AvgIpc) is 3.06. The number of hydrogen-bond donors (Lipinski definition) is 0. The standard InChI is InChI=1S/C18H14Cl2N2OS/c1-22(11-12-6-8-13(19)9-7-12)18(23)16-10-21-17(24-16)14-4-2-3-5-15(14)20/h2-10H,11H2,1H3. The van der Waals surface area contributed by atoms with Crippen LogP contribution in [0.25, 0.3) is 10.6 Å². The van der Waals surface area contributed by atoms with Crippen LogP contribution >= 0.6 is 34.5 Å². The molecule has 122 valence electrons. The van der Waals surface area contributed by atoms with E-state index in [1.807, 2.05) is 48.5 Å². The smallest absolute Gasteiger partial charge is 0.265 e. The van der Waals surface area contributed by atoms with Crippen LogP contribution in [-0.2, 0) is 6.54 Å². The molecule has 0 fully saturated rings. The van der Waals surface area contributed by atoms with E-state index in [-0.39, 0.29) is 5.91 Å². The maximum Gasteiger partial charge on any atom is 0.265 e. The van der Waals surface area contributed by atoms with Crippen molar-refractivity contribution in [2.24, 2.45) is 0 Å². The summed E-state index contributed by atoms with van der Waals surface area (Å²) in [4.78, 5) is 19.2. The number of carbonyl (C=O) groups is 1. The molecule has 0 aliphatic heterocycles. The highest BCUT2D eigenvalue weighted by Crippen LogP contribution is 2.31. The molecule has 0 aliphatic rings. The zero-order valence-electron chi connectivity index (χ0n) is 12.9. The lowest BCUT2D eigenvalue weighted by Crippen LogP contribution is -2.25. The van der Waals surface area contributed by atoms with E-state index in [4.69, 9.17) is 23.2 Å². The van der Waals surface area contributed by atoms with Crippen LogP contribution in [0.2, 0.25) is 10.0 Å². The van der Waals surface area contributed by atoms with Crippen LogP contribution in [0, 0.1) is 0 Å². The number of nitrogens with zero attached hydrogens (tertiary/aromatic N) is 2. The van der Waals surface area contributed by atoms with E-state index in [0.29, 0.717) is 21.5 Å². The molecule has 0 saturated carbocycles. The van der Waals surface area contributed by atoms with Gasteiger partial charge in [-0.3, -0.25) is 4.79 Å². The van der Waals surface area contributed by atoms with Crippen LogP contribution in [0.1, 0.15) is 15.2 Å². The van der Waals surface area contributed by atoms with Crippen LogP contribution in [0.3, 0.4) is 0 Å². The summed E-state index contributed by atoms with van der Waals surface area (Å²) in [6.45, 7) is 0.509. The van der Waals surface area contributed by atoms with Gasteiger partial charge in [0.05, 0.1) is 11.2 Å². The van der Waals surface area contributed by atoms with Crippen molar-refractivity contribution < 1.29 is 4.79 Å². The van der Waals surface area contributed by atoms with Crippen molar-refractivity contribution in [3.8, 4) is 10.6 Å². The second-order valence-corrected chi connectivity index (χ2v) is 7.17. The largest absolute Gasteiger partial charge is 0.337 e. The highest BCUT2D eigenvalue weighted by molar-refractivity contribution is 7.17. The Hall–Kier alpha value is -1.88. The van der Waals surface area contributed by atoms with Crippen LogP contribution in [0.4, 0.5) is 0 Å². The van der Waals surface area contributed by atoms with Crippen molar-refractivity contribution in [1.82, 2.24) is 9.88 Å². The predicted molar refractivity (Wildman–Crippen MR) is 99.8 cm³/mol. The summed E-state index contributed by atoms with van der Waals surface area (Å²) in [5.41, 5.74) is 1.86. The third-order valence-corrected chi connectivity index (χ3v) is 5.10. The van der Waals surface area contributed by atoms with Crippen molar-refractivity contribution in [2.75, 3.05) is 7.05 Å². The van der Waals surface area contributed by atoms with Crippen molar-refractivity contribution >= 4 is 40.4 Å². The van der Waals surface area contributed by atoms with E-state index >= 15 is 0 Å². The molecule has 0 atom stereocenters. The second kappa shape index (κ2) is 7.34. The van der Waals surface area contributed by atoms with Gasteiger partial charge in [0.2, 0.25) is 0 Å². The fraction of sp³-hybridized carbons (Fsp3) is 0.111. The highest BCUT2D eigenvalue weighted by Gasteiger charge is 2.17. The minimum atomic E-state index is -0.0687. The number of halogens is 2. The summed E-state index contributed by atoms with van der Waals surface area (Å²) in [5, 5.41) is 2.05. The summed E-state index contributed by atoms with van der Waals surface area (Å²) < 4.78 is 0. The van der Waals surface area contributed by atoms with Crippen molar-refractivity contribution in [3.05, 3.63) is 75.2 Å². The third kappa shape index (κ3) is 3.78. The number of thiazole rings is 1. The van der Waals surface area contributed by atoms with E-state index in [2.05, 4.69) is 4.98 Å². The molecule has 0 bridgehead atoms. The van der Waals surface area contributed by atoms with Crippen LogP contribution in [0.5, 0.6) is 0 Å². The molecule has 3 aromatic rings. The Balaban J connectivity index is 1.76. The van der Waals surface area contributed by atoms with Gasteiger partial charge in [0.25, 0.3) is 5.91 Å². The topological polar surface area (TPSA) is 33.2 Å². The van der Waals surface area contributed by atoms with Gasteiger partial charge in [-0.15, -0.1) is 11.3 Å². The van der Waals surface area contributed by atoms with Gasteiger partial charge in [-0.05, 0) is 23.8 Å². The Labute approximate surface area is 154 Å². The molecular formula is C18H14Cl2N2OS. The van der Waals surface area contributed by atoms with E-state index in [1.165, 1.54) is 11.3 Å². The first-order valence-corrected chi connectivity index (χ1v) is 8.82. The summed E-state index contributed by atoms with van der Waals surface area (Å²) in [5.74, 6) is -0.0687. The summed E-state index contributed by atoms with van der Waals surface area (Å²) in [6.07, 6.45) is 1.60. The van der Waals surface area contributed by atoms with Crippen LogP contribution in [0.15, 0.2) is 54.7 Å². The van der Waals surface area contributed by atoms with E-state index in [0.717, 1.165) is 16.1 Å². The first-order chi connectivity index (χ1) is 11.5. The van der Waals surface area contributed by atoms with E-state index in [1.54, 1.807) is 18.1 Å². The van der Waals surface area contributed by atoms with Crippen molar-refractivity contribution in [2.45, 2.75) is 6.54 Å². The van der Waals surface area contributed by atoms with Gasteiger partial charge in [0.15, 0.2) is 0 Å². The van der Waals surface area contributed by atoms with Gasteiger partial charge < -0.3 is 4.90 Å². The summed E-state index contributed by atoms with van der Waals surface area (Å²) in [7, 11) is 1.77. The quantitative estimate of drug-likeness (QED) is 0.611. The minimum absolute atomic E-state index is 0.0687. The van der Waals surface area contributed by atoms with Crippen LogP contribution < -0.4 is 0 Å². The Morgan fingerprint density at radius 3 is 2.54 bits per heavy atom. The maximum atomic E-state index is 12.6. The lowest BCUT2D eigenvalue weighted by Gasteiger charge is -2.16. The van der Waals surface area contributed by atoms with Crippen molar-refractivity contribution in [3.63, 3.8) is 0 Å². The lowest BCUT2D eigenvalue weighted by atomic mass is 10.2. The minimum Gasteiger partial charge on any atom is -0.337 e. The summed E-state index contributed by atoms with van der Waals surface area (Å²) >= 11 is 13.4. The fourth-order valence-electron chi connectivity index (χ4n) is 2.26. The number of rotatable bonds is 4. The Bertz CT molecular complexity index is 861. The molecule has 3 rings (SSSR count). The molecule has 0 unspecified atom stereocenters. The van der Waals surface area contributed by atoms with E-state index in [9.17, 15) is 4.79 Å².